The van der Waals surface area contributed by atoms with Crippen LogP contribution in [-0.2, 0) is 24.4 Å². The first-order chi connectivity index (χ1) is 18.6. The number of carbonyl (C=O) groups is 1. The molecule has 3 aromatic carbocycles. The molecule has 0 spiro atoms. The van der Waals surface area contributed by atoms with Gasteiger partial charge in [-0.15, -0.1) is 10.2 Å². The third-order valence-electron chi connectivity index (χ3n) is 5.55. The van der Waals surface area contributed by atoms with Crippen molar-refractivity contribution < 1.29 is 23.4 Å². The molecular formula is C28H30FN5O4. The van der Waals surface area contributed by atoms with Crippen molar-refractivity contribution in [2.45, 2.75) is 33.4 Å². The Labute approximate surface area is 220 Å². The van der Waals surface area contributed by atoms with Crippen molar-refractivity contribution >= 4 is 5.91 Å². The molecule has 9 nitrogen and oxygen atoms in total. The van der Waals surface area contributed by atoms with Gasteiger partial charge in [0.2, 0.25) is 11.7 Å². The summed E-state index contributed by atoms with van der Waals surface area (Å²) in [6.07, 6.45) is 0.638. The quantitative estimate of drug-likeness (QED) is 0.282. The zero-order valence-electron chi connectivity index (χ0n) is 21.4. The van der Waals surface area contributed by atoms with Gasteiger partial charge >= 0.3 is 0 Å². The van der Waals surface area contributed by atoms with Gasteiger partial charge in [-0.25, -0.2) is 4.39 Å². The molecule has 1 amide bonds. The minimum Gasteiger partial charge on any atom is -0.490 e. The zero-order chi connectivity index (χ0) is 26.7. The molecule has 0 atom stereocenters. The van der Waals surface area contributed by atoms with Crippen molar-refractivity contribution in [2.24, 2.45) is 0 Å². The number of hydrogen-bond donors (Lipinski definition) is 1. The van der Waals surface area contributed by atoms with E-state index in [1.165, 1.54) is 10.9 Å². The first-order valence-electron chi connectivity index (χ1n) is 12.5. The molecule has 0 unspecified atom stereocenters. The zero-order valence-corrected chi connectivity index (χ0v) is 21.4. The van der Waals surface area contributed by atoms with Gasteiger partial charge in [-0.1, -0.05) is 24.3 Å². The second-order valence-corrected chi connectivity index (χ2v) is 8.29. The third kappa shape index (κ3) is 7.28. The summed E-state index contributed by atoms with van der Waals surface area (Å²) in [7, 11) is 0. The summed E-state index contributed by atoms with van der Waals surface area (Å²) in [6, 6.07) is 19.3. The van der Waals surface area contributed by atoms with Gasteiger partial charge in [0, 0.05) is 17.7 Å². The van der Waals surface area contributed by atoms with E-state index < -0.39 is 0 Å². The third-order valence-corrected chi connectivity index (χ3v) is 5.55. The van der Waals surface area contributed by atoms with Crippen LogP contribution in [0.15, 0.2) is 66.7 Å². The van der Waals surface area contributed by atoms with Gasteiger partial charge in [0.15, 0.2) is 11.5 Å². The maximum atomic E-state index is 13.8. The molecule has 0 saturated carbocycles. The monoisotopic (exact) mass is 519 g/mol. The molecule has 0 aliphatic rings. The molecule has 0 radical (unpaired) electrons. The molecule has 0 saturated heterocycles. The topological polar surface area (TPSA) is 100 Å². The Balaban J connectivity index is 1.25. The van der Waals surface area contributed by atoms with Gasteiger partial charge in [0.1, 0.15) is 24.7 Å². The van der Waals surface area contributed by atoms with Crippen LogP contribution >= 0.6 is 0 Å². The van der Waals surface area contributed by atoms with Gasteiger partial charge in [-0.3, -0.25) is 4.79 Å². The number of benzene rings is 3. The van der Waals surface area contributed by atoms with E-state index in [-0.39, 0.29) is 24.9 Å². The van der Waals surface area contributed by atoms with Crippen molar-refractivity contribution in [2.75, 3.05) is 19.8 Å². The predicted octanol–water partition coefficient (Wildman–Crippen LogP) is 4.21. The Morgan fingerprint density at radius 2 is 1.71 bits per heavy atom. The van der Waals surface area contributed by atoms with Gasteiger partial charge < -0.3 is 19.5 Å². The van der Waals surface area contributed by atoms with Crippen molar-refractivity contribution in [3.05, 3.63) is 83.7 Å². The highest BCUT2D eigenvalue weighted by molar-refractivity contribution is 5.75. The summed E-state index contributed by atoms with van der Waals surface area (Å²) < 4.78 is 30.7. The number of rotatable bonds is 13. The Hall–Kier alpha value is -4.47. The molecular weight excluding hydrogens is 489 g/mol. The van der Waals surface area contributed by atoms with Gasteiger partial charge in [0.25, 0.3) is 0 Å². The minimum atomic E-state index is -0.305. The Morgan fingerprint density at radius 3 is 2.47 bits per heavy atom. The summed E-state index contributed by atoms with van der Waals surface area (Å²) >= 11 is 0. The average molecular weight is 520 g/mol. The van der Waals surface area contributed by atoms with E-state index in [0.29, 0.717) is 54.8 Å². The SMILES string of the molecule is CCOc1ccc(CCNC(=O)Cn2nnc(-c3ccc(OCc4ccccc4F)cc3)n2)cc1OCC. The number of halogens is 1. The molecule has 198 valence electrons. The summed E-state index contributed by atoms with van der Waals surface area (Å²) in [5.41, 5.74) is 2.23. The number of nitrogens with zero attached hydrogens (tertiary/aromatic N) is 4. The van der Waals surface area contributed by atoms with Crippen LogP contribution in [0.25, 0.3) is 11.4 Å². The van der Waals surface area contributed by atoms with Crippen LogP contribution in [0.1, 0.15) is 25.0 Å². The van der Waals surface area contributed by atoms with Crippen LogP contribution in [0, 0.1) is 5.82 Å². The van der Waals surface area contributed by atoms with Crippen molar-refractivity contribution in [1.82, 2.24) is 25.5 Å². The molecule has 0 bridgehead atoms. The van der Waals surface area contributed by atoms with Gasteiger partial charge in [-0.05, 0) is 73.5 Å². The summed E-state index contributed by atoms with van der Waals surface area (Å²) in [5, 5.41) is 15.2. The number of carbonyl (C=O) groups excluding carboxylic acids is 1. The van der Waals surface area contributed by atoms with Crippen LogP contribution in [0.3, 0.4) is 0 Å². The second-order valence-electron chi connectivity index (χ2n) is 8.29. The fourth-order valence-electron chi connectivity index (χ4n) is 3.68. The highest BCUT2D eigenvalue weighted by Crippen LogP contribution is 2.28. The molecule has 1 aromatic heterocycles. The Bertz CT molecular complexity index is 1340. The normalized spacial score (nSPS) is 10.7. The molecule has 4 rings (SSSR count). The summed E-state index contributed by atoms with van der Waals surface area (Å²) in [6.45, 7) is 5.48. The van der Waals surface area contributed by atoms with E-state index in [1.807, 2.05) is 32.0 Å². The van der Waals surface area contributed by atoms with Crippen LogP contribution in [0.2, 0.25) is 0 Å². The van der Waals surface area contributed by atoms with Gasteiger partial charge in [0.05, 0.1) is 13.2 Å². The molecule has 10 heteroatoms. The molecule has 1 heterocycles. The summed E-state index contributed by atoms with van der Waals surface area (Å²) in [4.78, 5) is 13.6. The highest BCUT2D eigenvalue weighted by atomic mass is 19.1. The molecule has 38 heavy (non-hydrogen) atoms. The second kappa shape index (κ2) is 13.2. The van der Waals surface area contributed by atoms with E-state index in [4.69, 9.17) is 14.2 Å². The number of ether oxygens (including phenoxy) is 3. The first kappa shape index (κ1) is 26.6. The molecule has 0 aliphatic heterocycles. The fraction of sp³-hybridized carbons (Fsp3) is 0.286. The van der Waals surface area contributed by atoms with Crippen LogP contribution in [-0.4, -0.2) is 45.9 Å². The van der Waals surface area contributed by atoms with Crippen molar-refractivity contribution in [3.63, 3.8) is 0 Å². The highest BCUT2D eigenvalue weighted by Gasteiger charge is 2.11. The van der Waals surface area contributed by atoms with E-state index in [1.54, 1.807) is 42.5 Å². The lowest BCUT2D eigenvalue weighted by molar-refractivity contribution is -0.122. The predicted molar refractivity (Wildman–Crippen MR) is 139 cm³/mol. The van der Waals surface area contributed by atoms with Crippen molar-refractivity contribution in [1.29, 1.82) is 0 Å². The lowest BCUT2D eigenvalue weighted by Gasteiger charge is -2.12. The van der Waals surface area contributed by atoms with Gasteiger partial charge in [-0.2, -0.15) is 4.80 Å². The lowest BCUT2D eigenvalue weighted by atomic mass is 10.1. The van der Waals surface area contributed by atoms with Crippen LogP contribution < -0.4 is 19.5 Å². The molecule has 0 fully saturated rings. The van der Waals surface area contributed by atoms with E-state index >= 15 is 0 Å². The number of aromatic nitrogens is 4. The standard InChI is InChI=1S/C28H30FN5O4/c1-3-36-25-14-9-20(17-26(25)37-4-2)15-16-30-27(35)18-34-32-28(31-33-34)21-10-12-23(13-11-21)38-19-22-7-5-6-8-24(22)29/h5-14,17H,3-4,15-16,18-19H2,1-2H3,(H,30,35). The van der Waals surface area contributed by atoms with E-state index in [9.17, 15) is 9.18 Å². The molecule has 4 aromatic rings. The maximum Gasteiger partial charge on any atom is 0.243 e. The number of amides is 1. The van der Waals surface area contributed by atoms with Crippen LogP contribution in [0.4, 0.5) is 4.39 Å². The number of tetrazole rings is 1. The summed E-state index contributed by atoms with van der Waals surface area (Å²) in [5.74, 6) is 1.85. The lowest BCUT2D eigenvalue weighted by Crippen LogP contribution is -2.30. The first-order valence-corrected chi connectivity index (χ1v) is 12.5. The smallest absolute Gasteiger partial charge is 0.243 e. The van der Waals surface area contributed by atoms with Crippen LogP contribution in [0.5, 0.6) is 17.2 Å². The minimum absolute atomic E-state index is 0.0513. The largest absolute Gasteiger partial charge is 0.490 e. The Kier molecular flexibility index (Phi) is 9.22. The van der Waals surface area contributed by atoms with E-state index in [2.05, 4.69) is 20.7 Å². The van der Waals surface area contributed by atoms with E-state index in [0.717, 1.165) is 11.1 Å². The number of nitrogens with one attached hydrogen (secondary N) is 1. The maximum absolute atomic E-state index is 13.8. The fourth-order valence-corrected chi connectivity index (χ4v) is 3.68. The molecule has 1 N–H and O–H groups in total. The average Bonchev–Trinajstić information content (AvgIpc) is 3.38. The molecule has 0 aliphatic carbocycles. The van der Waals surface area contributed by atoms with Crippen molar-refractivity contribution in [3.8, 4) is 28.6 Å². The number of hydrogen-bond acceptors (Lipinski definition) is 7. The Morgan fingerprint density at radius 1 is 0.947 bits per heavy atom.